The number of carbonyl (C=O) groups excluding carboxylic acids is 1. The summed E-state index contributed by atoms with van der Waals surface area (Å²) < 4.78 is 23.0. The molecular formula is C13H16ClNO3S. The van der Waals surface area contributed by atoms with Crippen LogP contribution in [-0.4, -0.2) is 43.9 Å². The molecule has 104 valence electrons. The zero-order chi connectivity index (χ0) is 14.0. The van der Waals surface area contributed by atoms with E-state index in [0.717, 1.165) is 19.1 Å². The second-order valence-electron chi connectivity index (χ2n) is 4.72. The smallest absolute Gasteiger partial charge is 0.254 e. The Kier molecular flexibility index (Phi) is 4.16. The van der Waals surface area contributed by atoms with Crippen molar-refractivity contribution in [2.24, 2.45) is 0 Å². The summed E-state index contributed by atoms with van der Waals surface area (Å²) in [5, 5.41) is 0. The second kappa shape index (κ2) is 5.51. The summed E-state index contributed by atoms with van der Waals surface area (Å²) in [4.78, 5) is 14.3. The van der Waals surface area contributed by atoms with Crippen LogP contribution in [0, 0.1) is 0 Å². The van der Waals surface area contributed by atoms with Gasteiger partial charge < -0.3 is 4.90 Å². The van der Waals surface area contributed by atoms with Gasteiger partial charge in [-0.1, -0.05) is 6.07 Å². The molecule has 1 aliphatic carbocycles. The third-order valence-electron chi connectivity index (χ3n) is 3.08. The molecule has 0 unspecified atom stereocenters. The fraction of sp³-hybridized carbons (Fsp3) is 0.462. The van der Waals surface area contributed by atoms with E-state index >= 15 is 0 Å². The molecule has 0 heterocycles. The Hall–Kier alpha value is -1.07. The van der Waals surface area contributed by atoms with Gasteiger partial charge in [0, 0.05) is 30.3 Å². The molecule has 1 aromatic rings. The number of rotatable bonds is 5. The van der Waals surface area contributed by atoms with E-state index in [1.54, 1.807) is 17.0 Å². The van der Waals surface area contributed by atoms with E-state index in [4.69, 9.17) is 11.6 Å². The lowest BCUT2D eigenvalue weighted by Crippen LogP contribution is -2.34. The van der Waals surface area contributed by atoms with Crippen LogP contribution in [0.25, 0.3) is 0 Å². The highest BCUT2D eigenvalue weighted by atomic mass is 35.5. The van der Waals surface area contributed by atoms with Crippen molar-refractivity contribution in [3.8, 4) is 0 Å². The maximum Gasteiger partial charge on any atom is 0.254 e. The standard InChI is InChI=1S/C13H16ClNO3S/c1-19(17,18)12-4-2-3-10(9-12)13(16)15(8-7-14)11-5-6-11/h2-4,9,11H,5-8H2,1H3. The van der Waals surface area contributed by atoms with Crippen LogP contribution in [0.3, 0.4) is 0 Å². The van der Waals surface area contributed by atoms with Crippen LogP contribution in [0.15, 0.2) is 29.2 Å². The lowest BCUT2D eigenvalue weighted by molar-refractivity contribution is 0.0753. The third-order valence-corrected chi connectivity index (χ3v) is 4.36. The van der Waals surface area contributed by atoms with E-state index in [9.17, 15) is 13.2 Å². The van der Waals surface area contributed by atoms with Crippen LogP contribution in [0.2, 0.25) is 0 Å². The van der Waals surface area contributed by atoms with Gasteiger partial charge in [0.1, 0.15) is 0 Å². The maximum atomic E-state index is 12.4. The Bertz CT molecular complexity index is 581. The van der Waals surface area contributed by atoms with Gasteiger partial charge in [0.2, 0.25) is 0 Å². The number of amides is 1. The predicted molar refractivity (Wildman–Crippen MR) is 74.3 cm³/mol. The van der Waals surface area contributed by atoms with Gasteiger partial charge in [0.05, 0.1) is 4.90 Å². The Labute approximate surface area is 118 Å². The predicted octanol–water partition coefficient (Wildman–Crippen LogP) is 1.93. The van der Waals surface area contributed by atoms with Crippen LogP contribution in [-0.2, 0) is 9.84 Å². The van der Waals surface area contributed by atoms with Gasteiger partial charge in [-0.2, -0.15) is 0 Å². The molecule has 0 saturated heterocycles. The Balaban J connectivity index is 2.27. The molecule has 0 bridgehead atoms. The van der Waals surface area contributed by atoms with Crippen molar-refractivity contribution < 1.29 is 13.2 Å². The van der Waals surface area contributed by atoms with E-state index < -0.39 is 9.84 Å². The first-order valence-corrected chi connectivity index (χ1v) is 8.53. The summed E-state index contributed by atoms with van der Waals surface area (Å²) in [6, 6.07) is 6.42. The molecule has 0 N–H and O–H groups in total. The summed E-state index contributed by atoms with van der Waals surface area (Å²) in [5.41, 5.74) is 0.403. The zero-order valence-electron chi connectivity index (χ0n) is 10.7. The monoisotopic (exact) mass is 301 g/mol. The molecule has 0 spiro atoms. The zero-order valence-corrected chi connectivity index (χ0v) is 12.2. The average molecular weight is 302 g/mol. The van der Waals surface area contributed by atoms with Gasteiger partial charge in [-0.05, 0) is 31.0 Å². The molecule has 1 aromatic carbocycles. The number of halogens is 1. The SMILES string of the molecule is CS(=O)(=O)c1cccc(C(=O)N(CCCl)C2CC2)c1. The largest absolute Gasteiger partial charge is 0.334 e. The lowest BCUT2D eigenvalue weighted by atomic mass is 10.2. The van der Waals surface area contributed by atoms with E-state index in [-0.39, 0.29) is 16.8 Å². The number of hydrogen-bond acceptors (Lipinski definition) is 3. The molecule has 6 heteroatoms. The molecule has 0 radical (unpaired) electrons. The van der Waals surface area contributed by atoms with E-state index in [2.05, 4.69) is 0 Å². The summed E-state index contributed by atoms with van der Waals surface area (Å²) in [6.45, 7) is 0.494. The number of nitrogens with zero attached hydrogens (tertiary/aromatic N) is 1. The first-order valence-electron chi connectivity index (χ1n) is 6.10. The van der Waals surface area contributed by atoms with Crippen molar-refractivity contribution in [3.63, 3.8) is 0 Å². The van der Waals surface area contributed by atoms with E-state index in [1.807, 2.05) is 0 Å². The summed E-state index contributed by atoms with van der Waals surface area (Å²) >= 11 is 5.71. The van der Waals surface area contributed by atoms with Gasteiger partial charge in [-0.3, -0.25) is 4.79 Å². The highest BCUT2D eigenvalue weighted by molar-refractivity contribution is 7.90. The van der Waals surface area contributed by atoms with Crippen molar-refractivity contribution in [2.75, 3.05) is 18.7 Å². The normalized spacial score (nSPS) is 15.3. The van der Waals surface area contributed by atoms with Crippen LogP contribution in [0.1, 0.15) is 23.2 Å². The lowest BCUT2D eigenvalue weighted by Gasteiger charge is -2.21. The van der Waals surface area contributed by atoms with Crippen LogP contribution < -0.4 is 0 Å². The molecule has 1 fully saturated rings. The fourth-order valence-electron chi connectivity index (χ4n) is 1.95. The van der Waals surface area contributed by atoms with Gasteiger partial charge in [0.25, 0.3) is 5.91 Å². The number of sulfone groups is 1. The Morgan fingerprint density at radius 2 is 2.11 bits per heavy atom. The maximum absolute atomic E-state index is 12.4. The molecule has 1 amide bonds. The number of alkyl halides is 1. The number of benzene rings is 1. The quantitative estimate of drug-likeness (QED) is 0.781. The highest BCUT2D eigenvalue weighted by Crippen LogP contribution is 2.28. The van der Waals surface area contributed by atoms with Gasteiger partial charge in [-0.25, -0.2) is 8.42 Å². The molecule has 0 aliphatic heterocycles. The van der Waals surface area contributed by atoms with Crippen LogP contribution >= 0.6 is 11.6 Å². The Morgan fingerprint density at radius 3 is 2.63 bits per heavy atom. The first kappa shape index (κ1) is 14.3. The minimum Gasteiger partial charge on any atom is -0.334 e. The topological polar surface area (TPSA) is 54.5 Å². The fourth-order valence-corrected chi connectivity index (χ4v) is 2.80. The van der Waals surface area contributed by atoms with Crippen LogP contribution in [0.5, 0.6) is 0 Å². The van der Waals surface area contributed by atoms with Gasteiger partial charge >= 0.3 is 0 Å². The van der Waals surface area contributed by atoms with Gasteiger partial charge in [-0.15, -0.1) is 11.6 Å². The number of hydrogen-bond donors (Lipinski definition) is 0. The van der Waals surface area contributed by atoms with Crippen LogP contribution in [0.4, 0.5) is 0 Å². The third kappa shape index (κ3) is 3.48. The molecule has 4 nitrogen and oxygen atoms in total. The van der Waals surface area contributed by atoms with Crippen molar-refractivity contribution in [2.45, 2.75) is 23.8 Å². The summed E-state index contributed by atoms with van der Waals surface area (Å²) in [7, 11) is -3.30. The summed E-state index contributed by atoms with van der Waals surface area (Å²) in [5.74, 6) is 0.238. The molecule has 0 aromatic heterocycles. The average Bonchev–Trinajstić information content (AvgIpc) is 3.18. The number of carbonyl (C=O) groups is 1. The van der Waals surface area contributed by atoms with E-state index in [1.165, 1.54) is 12.1 Å². The Morgan fingerprint density at radius 1 is 1.42 bits per heavy atom. The molecule has 1 saturated carbocycles. The molecule has 2 rings (SSSR count). The minimum atomic E-state index is -3.30. The minimum absolute atomic E-state index is 0.145. The van der Waals surface area contributed by atoms with Crippen molar-refractivity contribution in [3.05, 3.63) is 29.8 Å². The van der Waals surface area contributed by atoms with Crippen molar-refractivity contribution in [1.29, 1.82) is 0 Å². The first-order chi connectivity index (χ1) is 8.93. The van der Waals surface area contributed by atoms with Crippen molar-refractivity contribution >= 4 is 27.3 Å². The highest BCUT2D eigenvalue weighted by Gasteiger charge is 2.32. The molecule has 1 aliphatic rings. The molecule has 19 heavy (non-hydrogen) atoms. The second-order valence-corrected chi connectivity index (χ2v) is 7.11. The van der Waals surface area contributed by atoms with E-state index in [0.29, 0.717) is 18.0 Å². The molecule has 0 atom stereocenters. The van der Waals surface area contributed by atoms with Crippen molar-refractivity contribution in [1.82, 2.24) is 4.90 Å². The summed E-state index contributed by atoms with van der Waals surface area (Å²) in [6.07, 6.45) is 3.12. The van der Waals surface area contributed by atoms with Gasteiger partial charge in [0.15, 0.2) is 9.84 Å². The molecular weight excluding hydrogens is 286 g/mol.